The van der Waals surface area contributed by atoms with Crippen LogP contribution in [0.15, 0.2) is 12.7 Å². The first-order valence-electron chi connectivity index (χ1n) is 7.17. The van der Waals surface area contributed by atoms with E-state index in [1.807, 2.05) is 0 Å². The SMILES string of the molecule is Nc1ncnc2c1ncn2[C@@H]1O[C@H](COP(O)(=S)OP(=O)(O)O)[C@H](O)C1O. The molecule has 1 saturated heterocycles. The number of rotatable bonds is 6. The van der Waals surface area contributed by atoms with Crippen LogP contribution in [0.1, 0.15) is 6.23 Å². The fraction of sp³-hybridized carbons (Fsp3) is 0.500. The van der Waals surface area contributed by atoms with Crippen molar-refractivity contribution in [2.75, 3.05) is 12.3 Å². The van der Waals surface area contributed by atoms with Gasteiger partial charge in [-0.2, -0.15) is 0 Å². The largest absolute Gasteiger partial charge is 0.476 e. The van der Waals surface area contributed by atoms with E-state index in [4.69, 9.17) is 24.8 Å². The van der Waals surface area contributed by atoms with Gasteiger partial charge in [0.1, 0.15) is 30.2 Å². The number of anilines is 1. The summed E-state index contributed by atoms with van der Waals surface area (Å²) in [4.78, 5) is 38.8. The number of aliphatic hydroxyl groups excluding tert-OH is 2. The van der Waals surface area contributed by atoms with Gasteiger partial charge >= 0.3 is 14.5 Å². The van der Waals surface area contributed by atoms with E-state index in [9.17, 15) is 19.7 Å². The molecule has 0 saturated carbocycles. The zero-order valence-electron chi connectivity index (χ0n) is 13.2. The number of ether oxygens (including phenoxy) is 1. The highest BCUT2D eigenvalue weighted by Crippen LogP contribution is 2.58. The minimum Gasteiger partial charge on any atom is -0.387 e. The van der Waals surface area contributed by atoms with Gasteiger partial charge in [-0.15, -0.1) is 0 Å². The van der Waals surface area contributed by atoms with Crippen LogP contribution in [0.5, 0.6) is 0 Å². The molecule has 27 heavy (non-hydrogen) atoms. The first-order valence-corrected chi connectivity index (χ1v) is 11.3. The molecule has 1 fully saturated rings. The predicted molar refractivity (Wildman–Crippen MR) is 91.2 cm³/mol. The zero-order chi connectivity index (χ0) is 20.0. The normalized spacial score (nSPS) is 28.5. The molecule has 0 radical (unpaired) electrons. The average molecular weight is 443 g/mol. The van der Waals surface area contributed by atoms with Crippen LogP contribution in [0.4, 0.5) is 5.82 Å². The first kappa shape index (κ1) is 20.6. The number of aliphatic hydroxyl groups is 2. The summed E-state index contributed by atoms with van der Waals surface area (Å²) in [6.45, 7) is -4.90. The number of hydrogen-bond acceptors (Lipinski definition) is 11. The highest BCUT2D eigenvalue weighted by atomic mass is 32.5. The molecule has 1 aliphatic rings. The second kappa shape index (κ2) is 7.39. The van der Waals surface area contributed by atoms with E-state index in [2.05, 4.69) is 31.1 Å². The van der Waals surface area contributed by atoms with E-state index >= 15 is 0 Å². The lowest BCUT2D eigenvalue weighted by molar-refractivity contribution is -0.0486. The van der Waals surface area contributed by atoms with Crippen LogP contribution in [0, 0.1) is 0 Å². The molecule has 5 atom stereocenters. The Hall–Kier alpha value is -1.09. The van der Waals surface area contributed by atoms with Gasteiger partial charge in [0.25, 0.3) is 0 Å². The van der Waals surface area contributed by atoms with Crippen molar-refractivity contribution in [3.05, 3.63) is 12.7 Å². The van der Waals surface area contributed by atoms with Crippen LogP contribution in [0.3, 0.4) is 0 Å². The van der Waals surface area contributed by atoms with Crippen molar-refractivity contribution < 1.29 is 43.0 Å². The van der Waals surface area contributed by atoms with E-state index < -0.39 is 45.7 Å². The van der Waals surface area contributed by atoms with Gasteiger partial charge in [-0.25, -0.2) is 23.8 Å². The Balaban J connectivity index is 1.75. The minimum absolute atomic E-state index is 0.113. The number of nitrogens with zero attached hydrogens (tertiary/aromatic N) is 4. The van der Waals surface area contributed by atoms with Crippen molar-refractivity contribution in [3.63, 3.8) is 0 Å². The number of hydrogen-bond donors (Lipinski definition) is 6. The molecule has 2 unspecified atom stereocenters. The van der Waals surface area contributed by atoms with Gasteiger partial charge in [0.2, 0.25) is 0 Å². The van der Waals surface area contributed by atoms with Crippen molar-refractivity contribution in [1.29, 1.82) is 0 Å². The van der Waals surface area contributed by atoms with Gasteiger partial charge in [-0.3, -0.25) is 4.57 Å². The molecule has 2 aromatic heterocycles. The zero-order valence-corrected chi connectivity index (χ0v) is 15.8. The lowest BCUT2D eigenvalue weighted by Crippen LogP contribution is -2.33. The van der Waals surface area contributed by atoms with Gasteiger partial charge in [-0.1, -0.05) is 0 Å². The van der Waals surface area contributed by atoms with Crippen molar-refractivity contribution in [3.8, 4) is 0 Å². The summed E-state index contributed by atoms with van der Waals surface area (Å²) in [7, 11) is -5.08. The Bertz CT molecular complexity index is 937. The standard InChI is InChI=1S/C10H15N5O9P2S/c11-8-5-9(13-2-12-8)15(3-14-5)10-7(17)6(16)4(23-10)1-22-26(21,27)24-25(18,19)20/h2-4,6-7,10,16-17H,1H2,(H,21,27)(H2,11,12,13)(H2,18,19,20)/t4-,6+,7?,10-,26?/m1/s1. The number of imidazole rings is 1. The average Bonchev–Trinajstić information content (AvgIpc) is 3.07. The quantitative estimate of drug-likeness (QED) is 0.276. The maximum Gasteiger partial charge on any atom is 0.476 e. The van der Waals surface area contributed by atoms with Gasteiger partial charge in [0.15, 0.2) is 17.7 Å². The highest BCUT2D eigenvalue weighted by Gasteiger charge is 2.45. The molecular weight excluding hydrogens is 428 g/mol. The third kappa shape index (κ3) is 4.50. The van der Waals surface area contributed by atoms with Crippen molar-refractivity contribution in [2.45, 2.75) is 24.5 Å². The van der Waals surface area contributed by atoms with Crippen molar-refractivity contribution in [1.82, 2.24) is 19.5 Å². The maximum atomic E-state index is 10.8. The molecule has 17 heteroatoms. The molecule has 150 valence electrons. The number of nitrogens with two attached hydrogens (primary N) is 1. The fourth-order valence-corrected chi connectivity index (χ4v) is 5.04. The summed E-state index contributed by atoms with van der Waals surface area (Å²) in [5.74, 6) is 0.113. The van der Waals surface area contributed by atoms with Crippen LogP contribution < -0.4 is 5.73 Å². The van der Waals surface area contributed by atoms with Gasteiger partial charge < -0.3 is 39.9 Å². The molecule has 14 nitrogen and oxygen atoms in total. The lowest BCUT2D eigenvalue weighted by Gasteiger charge is -2.19. The Morgan fingerprint density at radius 2 is 1.96 bits per heavy atom. The monoisotopic (exact) mass is 443 g/mol. The summed E-state index contributed by atoms with van der Waals surface area (Å²) in [6.07, 6.45) is -2.77. The summed E-state index contributed by atoms with van der Waals surface area (Å²) in [6, 6.07) is 0. The topological polar surface area (TPSA) is 216 Å². The predicted octanol–water partition coefficient (Wildman–Crippen LogP) is -1.63. The van der Waals surface area contributed by atoms with E-state index in [1.54, 1.807) is 0 Å². The van der Waals surface area contributed by atoms with Crippen LogP contribution in [0.2, 0.25) is 0 Å². The summed E-state index contributed by atoms with van der Waals surface area (Å²) < 4.78 is 26.4. The fourth-order valence-electron chi connectivity index (χ4n) is 2.48. The van der Waals surface area contributed by atoms with Gasteiger partial charge in [0, 0.05) is 0 Å². The molecule has 0 bridgehead atoms. The number of phosphoric acid groups is 1. The third-order valence-electron chi connectivity index (χ3n) is 3.61. The Labute approximate surface area is 156 Å². The second-order valence-electron chi connectivity index (χ2n) is 5.47. The summed E-state index contributed by atoms with van der Waals surface area (Å²) in [5.41, 5.74) is 6.21. The van der Waals surface area contributed by atoms with E-state index in [0.29, 0.717) is 0 Å². The number of fused-ring (bicyclic) bond motifs is 1. The molecule has 0 spiro atoms. The molecule has 3 rings (SSSR count). The van der Waals surface area contributed by atoms with E-state index in [0.717, 1.165) is 0 Å². The molecule has 0 aliphatic carbocycles. The maximum absolute atomic E-state index is 10.8. The Morgan fingerprint density at radius 1 is 1.26 bits per heavy atom. The van der Waals surface area contributed by atoms with E-state index in [-0.39, 0.29) is 17.0 Å². The smallest absolute Gasteiger partial charge is 0.387 e. The molecule has 1 aliphatic heterocycles. The molecule has 3 heterocycles. The molecule has 0 aromatic carbocycles. The third-order valence-corrected chi connectivity index (χ3v) is 6.68. The minimum atomic E-state index is -5.08. The molecule has 0 amide bonds. The van der Waals surface area contributed by atoms with Crippen LogP contribution in [-0.2, 0) is 29.9 Å². The van der Waals surface area contributed by atoms with Crippen LogP contribution in [-0.4, -0.2) is 69.3 Å². The highest BCUT2D eigenvalue weighted by molar-refractivity contribution is 8.08. The van der Waals surface area contributed by atoms with Crippen molar-refractivity contribution >= 4 is 43.3 Å². The van der Waals surface area contributed by atoms with Gasteiger partial charge in [-0.05, 0) is 11.8 Å². The molecule has 2 aromatic rings. The number of aromatic nitrogens is 4. The summed E-state index contributed by atoms with van der Waals surface area (Å²) in [5, 5.41) is 20.4. The van der Waals surface area contributed by atoms with Gasteiger partial charge in [0.05, 0.1) is 12.9 Å². The Morgan fingerprint density at radius 3 is 2.63 bits per heavy atom. The van der Waals surface area contributed by atoms with Crippen molar-refractivity contribution in [2.24, 2.45) is 0 Å². The van der Waals surface area contributed by atoms with Crippen LogP contribution >= 0.6 is 14.5 Å². The van der Waals surface area contributed by atoms with E-state index in [1.165, 1.54) is 17.2 Å². The Kier molecular flexibility index (Phi) is 5.65. The second-order valence-corrected chi connectivity index (χ2v) is 9.68. The van der Waals surface area contributed by atoms with Crippen LogP contribution in [0.25, 0.3) is 11.2 Å². The lowest BCUT2D eigenvalue weighted by atomic mass is 10.1. The first-order chi connectivity index (χ1) is 12.5. The molecule has 7 N–H and O–H groups in total. The summed E-state index contributed by atoms with van der Waals surface area (Å²) >= 11 is 4.47. The number of nitrogen functional groups attached to an aromatic ring is 1. The molecular formula is C10H15N5O9P2S.